The lowest BCUT2D eigenvalue weighted by Crippen LogP contribution is -2.07. The van der Waals surface area contributed by atoms with Crippen LogP contribution >= 0.6 is 0 Å². The van der Waals surface area contributed by atoms with Gasteiger partial charge in [0, 0.05) is 5.56 Å². The Labute approximate surface area is 111 Å². The number of aromatic hydroxyl groups is 1. The van der Waals surface area contributed by atoms with E-state index in [0.29, 0.717) is 5.56 Å². The van der Waals surface area contributed by atoms with Gasteiger partial charge in [-0.05, 0) is 11.6 Å². The van der Waals surface area contributed by atoms with Crippen LogP contribution in [-0.2, 0) is 22.7 Å². The van der Waals surface area contributed by atoms with E-state index < -0.39 is 6.16 Å². The summed E-state index contributed by atoms with van der Waals surface area (Å²) in [7, 11) is 0. The van der Waals surface area contributed by atoms with Crippen molar-refractivity contribution in [1.82, 2.24) is 0 Å². The van der Waals surface area contributed by atoms with Gasteiger partial charge in [-0.25, -0.2) is 4.79 Å². The SMILES string of the molecule is O=C(OCc1ccccc1)OCc1ccccc1O. The van der Waals surface area contributed by atoms with Crippen LogP contribution in [0.25, 0.3) is 0 Å². The van der Waals surface area contributed by atoms with Gasteiger partial charge in [-0.1, -0.05) is 48.5 Å². The van der Waals surface area contributed by atoms with E-state index in [4.69, 9.17) is 9.47 Å². The first kappa shape index (κ1) is 13.0. The minimum absolute atomic E-state index is 0.0136. The normalized spacial score (nSPS) is 9.89. The predicted octanol–water partition coefficient (Wildman–Crippen LogP) is 3.25. The number of benzene rings is 2. The van der Waals surface area contributed by atoms with Crippen molar-refractivity contribution >= 4 is 6.16 Å². The maximum atomic E-state index is 11.4. The summed E-state index contributed by atoms with van der Waals surface area (Å²) in [6.45, 7) is 0.154. The molecule has 0 saturated carbocycles. The van der Waals surface area contributed by atoms with Crippen molar-refractivity contribution < 1.29 is 19.4 Å². The summed E-state index contributed by atoms with van der Waals surface area (Å²) in [6.07, 6.45) is -0.757. The van der Waals surface area contributed by atoms with Gasteiger partial charge in [0.2, 0.25) is 0 Å². The second kappa shape index (κ2) is 6.44. The summed E-state index contributed by atoms with van der Waals surface area (Å²) < 4.78 is 9.86. The van der Waals surface area contributed by atoms with Crippen molar-refractivity contribution in [3.8, 4) is 5.75 Å². The zero-order valence-electron chi connectivity index (χ0n) is 10.3. The highest BCUT2D eigenvalue weighted by Gasteiger charge is 2.07. The summed E-state index contributed by atoms with van der Waals surface area (Å²) in [5.41, 5.74) is 1.43. The van der Waals surface area contributed by atoms with Crippen LogP contribution in [0.2, 0.25) is 0 Å². The predicted molar refractivity (Wildman–Crippen MR) is 69.5 cm³/mol. The van der Waals surface area contributed by atoms with Crippen molar-refractivity contribution in [2.24, 2.45) is 0 Å². The van der Waals surface area contributed by atoms with Crippen LogP contribution in [0.3, 0.4) is 0 Å². The highest BCUT2D eigenvalue weighted by Crippen LogP contribution is 2.16. The molecule has 0 spiro atoms. The first-order valence-electron chi connectivity index (χ1n) is 5.86. The third kappa shape index (κ3) is 4.03. The highest BCUT2D eigenvalue weighted by molar-refractivity contribution is 5.60. The van der Waals surface area contributed by atoms with Crippen LogP contribution in [0.15, 0.2) is 54.6 Å². The van der Waals surface area contributed by atoms with E-state index in [-0.39, 0.29) is 19.0 Å². The molecule has 0 fully saturated rings. The van der Waals surface area contributed by atoms with E-state index >= 15 is 0 Å². The quantitative estimate of drug-likeness (QED) is 0.855. The lowest BCUT2D eigenvalue weighted by atomic mass is 10.2. The number of ether oxygens (including phenoxy) is 2. The monoisotopic (exact) mass is 258 g/mol. The molecule has 98 valence electrons. The first-order valence-corrected chi connectivity index (χ1v) is 5.86. The number of para-hydroxylation sites is 1. The van der Waals surface area contributed by atoms with Gasteiger partial charge in [0.05, 0.1) is 0 Å². The van der Waals surface area contributed by atoms with Gasteiger partial charge in [0.15, 0.2) is 0 Å². The van der Waals surface area contributed by atoms with Crippen LogP contribution in [0.5, 0.6) is 5.75 Å². The van der Waals surface area contributed by atoms with E-state index in [9.17, 15) is 9.90 Å². The number of phenolic OH excluding ortho intramolecular Hbond substituents is 1. The molecule has 0 aromatic heterocycles. The van der Waals surface area contributed by atoms with Crippen molar-refractivity contribution in [3.05, 3.63) is 65.7 Å². The number of phenols is 1. The average molecular weight is 258 g/mol. The van der Waals surface area contributed by atoms with Crippen LogP contribution in [-0.4, -0.2) is 11.3 Å². The van der Waals surface area contributed by atoms with Crippen LogP contribution in [0.1, 0.15) is 11.1 Å². The fraction of sp³-hybridized carbons (Fsp3) is 0.133. The third-order valence-electron chi connectivity index (χ3n) is 2.54. The molecule has 0 heterocycles. The molecule has 0 aliphatic heterocycles. The van der Waals surface area contributed by atoms with Crippen LogP contribution in [0.4, 0.5) is 4.79 Å². The largest absolute Gasteiger partial charge is 0.508 e. The van der Waals surface area contributed by atoms with Gasteiger partial charge in [0.25, 0.3) is 0 Å². The number of rotatable bonds is 4. The summed E-state index contributed by atoms with van der Waals surface area (Å²) >= 11 is 0. The molecule has 4 nitrogen and oxygen atoms in total. The number of carbonyl (C=O) groups excluding carboxylic acids is 1. The molecule has 0 unspecified atom stereocenters. The van der Waals surface area contributed by atoms with E-state index in [1.165, 1.54) is 6.07 Å². The standard InChI is InChI=1S/C15H14O4/c16-14-9-5-4-8-13(14)11-19-15(17)18-10-12-6-2-1-3-7-12/h1-9,16H,10-11H2. The maximum Gasteiger partial charge on any atom is 0.508 e. The van der Waals surface area contributed by atoms with Gasteiger partial charge in [0.1, 0.15) is 19.0 Å². The second-order valence-electron chi connectivity index (χ2n) is 3.94. The molecule has 19 heavy (non-hydrogen) atoms. The number of hydrogen-bond donors (Lipinski definition) is 1. The van der Waals surface area contributed by atoms with Gasteiger partial charge < -0.3 is 14.6 Å². The van der Waals surface area contributed by atoms with E-state index in [1.807, 2.05) is 30.3 Å². The molecule has 0 atom stereocenters. The van der Waals surface area contributed by atoms with E-state index in [0.717, 1.165) is 5.56 Å². The molecule has 0 aliphatic rings. The Morgan fingerprint density at radius 2 is 1.53 bits per heavy atom. The smallest absolute Gasteiger partial charge is 0.508 e. The number of carbonyl (C=O) groups is 1. The lowest BCUT2D eigenvalue weighted by molar-refractivity contribution is 0.0442. The van der Waals surface area contributed by atoms with E-state index in [2.05, 4.69) is 0 Å². The molecular weight excluding hydrogens is 244 g/mol. The maximum absolute atomic E-state index is 11.4. The highest BCUT2D eigenvalue weighted by atomic mass is 16.7. The molecule has 0 aliphatic carbocycles. The fourth-order valence-corrected chi connectivity index (χ4v) is 1.53. The third-order valence-corrected chi connectivity index (χ3v) is 2.54. The first-order chi connectivity index (χ1) is 9.25. The van der Waals surface area contributed by atoms with Crippen molar-refractivity contribution in [2.45, 2.75) is 13.2 Å². The lowest BCUT2D eigenvalue weighted by Gasteiger charge is -2.07. The molecule has 0 bridgehead atoms. The summed E-state index contributed by atoms with van der Waals surface area (Å²) in [5.74, 6) is 0.0957. The van der Waals surface area contributed by atoms with E-state index in [1.54, 1.807) is 18.2 Å². The minimum atomic E-state index is -0.757. The van der Waals surface area contributed by atoms with Gasteiger partial charge >= 0.3 is 6.16 Å². The Hall–Kier alpha value is -2.49. The molecule has 2 aromatic rings. The Bertz CT molecular complexity index is 537. The molecule has 4 heteroatoms. The molecule has 2 aromatic carbocycles. The summed E-state index contributed by atoms with van der Waals surface area (Å²) in [5, 5.41) is 9.50. The van der Waals surface area contributed by atoms with Crippen LogP contribution < -0.4 is 0 Å². The molecular formula is C15H14O4. The Kier molecular flexibility index (Phi) is 4.39. The minimum Gasteiger partial charge on any atom is -0.508 e. The molecule has 0 radical (unpaired) electrons. The fourth-order valence-electron chi connectivity index (χ4n) is 1.53. The second-order valence-corrected chi connectivity index (χ2v) is 3.94. The van der Waals surface area contributed by atoms with Gasteiger partial charge in [-0.3, -0.25) is 0 Å². The Morgan fingerprint density at radius 3 is 2.26 bits per heavy atom. The summed E-state index contributed by atoms with van der Waals surface area (Å²) in [6, 6.07) is 16.0. The average Bonchev–Trinajstić information content (AvgIpc) is 2.45. The van der Waals surface area contributed by atoms with Crippen molar-refractivity contribution in [2.75, 3.05) is 0 Å². The number of hydrogen-bond acceptors (Lipinski definition) is 4. The summed E-state index contributed by atoms with van der Waals surface area (Å²) in [4.78, 5) is 11.4. The zero-order valence-corrected chi connectivity index (χ0v) is 10.3. The molecule has 0 amide bonds. The van der Waals surface area contributed by atoms with Gasteiger partial charge in [-0.2, -0.15) is 0 Å². The molecule has 2 rings (SSSR count). The molecule has 1 N–H and O–H groups in total. The molecule has 0 saturated heterocycles. The van der Waals surface area contributed by atoms with Gasteiger partial charge in [-0.15, -0.1) is 0 Å². The Morgan fingerprint density at radius 1 is 0.895 bits per heavy atom. The topological polar surface area (TPSA) is 55.8 Å². The van der Waals surface area contributed by atoms with Crippen molar-refractivity contribution in [3.63, 3.8) is 0 Å². The van der Waals surface area contributed by atoms with Crippen LogP contribution in [0, 0.1) is 0 Å². The van der Waals surface area contributed by atoms with Crippen molar-refractivity contribution in [1.29, 1.82) is 0 Å². The zero-order chi connectivity index (χ0) is 13.5. The Balaban J connectivity index is 1.78.